The monoisotopic (exact) mass is 352 g/mol. The van der Waals surface area contributed by atoms with Crippen LogP contribution >= 0.6 is 0 Å². The van der Waals surface area contributed by atoms with Crippen LogP contribution in [0, 0.1) is 0 Å². The van der Waals surface area contributed by atoms with Gasteiger partial charge in [0.2, 0.25) is 5.89 Å². The Labute approximate surface area is 143 Å². The predicted molar refractivity (Wildman–Crippen MR) is 86.3 cm³/mol. The second-order valence-electron chi connectivity index (χ2n) is 6.12. The maximum Gasteiger partial charge on any atom is 0.430 e. The molecular weight excluding hydrogens is 334 g/mol. The Hall–Kier alpha value is -2.84. The number of carbonyl (C=O) groups is 1. The van der Waals surface area contributed by atoms with Gasteiger partial charge in [-0.05, 0) is 38.5 Å². The molecule has 0 atom stereocenters. The number of nitrogens with zero attached hydrogens (tertiary/aromatic N) is 4. The first kappa shape index (κ1) is 18.5. The number of rotatable bonds is 4. The van der Waals surface area contributed by atoms with Crippen LogP contribution in [0.25, 0.3) is 11.5 Å². The molecule has 9 heteroatoms. The number of amides is 1. The molecule has 2 rings (SSSR count). The second-order valence-corrected chi connectivity index (χ2v) is 6.12. The van der Waals surface area contributed by atoms with Gasteiger partial charge in [0.1, 0.15) is 5.60 Å². The van der Waals surface area contributed by atoms with E-state index in [0.29, 0.717) is 11.1 Å². The Bertz CT molecular complexity index is 751. The average Bonchev–Trinajstić information content (AvgIpc) is 3.01. The molecule has 0 N–H and O–H groups in total. The summed E-state index contributed by atoms with van der Waals surface area (Å²) in [6, 6.07) is 6.59. The third-order valence-corrected chi connectivity index (χ3v) is 2.82. The van der Waals surface area contributed by atoms with Crippen molar-refractivity contribution in [3.8, 4) is 11.5 Å². The summed E-state index contributed by atoms with van der Waals surface area (Å²) in [5.41, 5.74) is 0.578. The molecule has 25 heavy (non-hydrogen) atoms. The van der Waals surface area contributed by atoms with Crippen LogP contribution in [0.1, 0.15) is 38.7 Å². The van der Waals surface area contributed by atoms with E-state index in [0.717, 1.165) is 5.01 Å². The number of benzene rings is 1. The Morgan fingerprint density at radius 2 is 1.92 bits per heavy atom. The molecule has 0 saturated carbocycles. The highest BCUT2D eigenvalue weighted by Crippen LogP contribution is 2.23. The minimum atomic E-state index is -2.81. The normalized spacial score (nSPS) is 12.0. The predicted octanol–water partition coefficient (Wildman–Crippen LogP) is 3.88. The standard InChI is InChI=1S/C16H18F2N4O3/c1-16(2,3)25-15(23)22(4)19-9-10-5-7-11(8-6-10)13-20-21-14(24-13)12(17)18/h5-9,12H,1-4H3/b19-9+. The molecule has 2 aromatic rings. The molecule has 0 aliphatic carbocycles. The van der Waals surface area contributed by atoms with Gasteiger partial charge in [-0.15, -0.1) is 10.2 Å². The Morgan fingerprint density at radius 3 is 2.44 bits per heavy atom. The van der Waals surface area contributed by atoms with E-state index >= 15 is 0 Å². The number of aromatic nitrogens is 2. The van der Waals surface area contributed by atoms with Crippen molar-refractivity contribution in [3.05, 3.63) is 35.7 Å². The highest BCUT2D eigenvalue weighted by atomic mass is 19.3. The summed E-state index contributed by atoms with van der Waals surface area (Å²) in [5.74, 6) is -0.718. The lowest BCUT2D eigenvalue weighted by atomic mass is 10.1. The first-order valence-corrected chi connectivity index (χ1v) is 7.38. The van der Waals surface area contributed by atoms with Crippen molar-refractivity contribution in [2.24, 2.45) is 5.10 Å². The van der Waals surface area contributed by atoms with E-state index in [1.54, 1.807) is 45.0 Å². The van der Waals surface area contributed by atoms with Crippen molar-refractivity contribution < 1.29 is 22.7 Å². The summed E-state index contributed by atoms with van der Waals surface area (Å²) in [6.45, 7) is 5.29. The van der Waals surface area contributed by atoms with Gasteiger partial charge in [-0.1, -0.05) is 12.1 Å². The van der Waals surface area contributed by atoms with Crippen molar-refractivity contribution >= 4 is 12.3 Å². The van der Waals surface area contributed by atoms with E-state index in [4.69, 9.17) is 9.15 Å². The second kappa shape index (κ2) is 7.37. The fourth-order valence-corrected chi connectivity index (χ4v) is 1.68. The largest absolute Gasteiger partial charge is 0.442 e. The lowest BCUT2D eigenvalue weighted by molar-refractivity contribution is 0.0304. The molecule has 0 bridgehead atoms. The van der Waals surface area contributed by atoms with Crippen molar-refractivity contribution in [1.82, 2.24) is 15.2 Å². The van der Waals surface area contributed by atoms with E-state index in [9.17, 15) is 13.6 Å². The minimum absolute atomic E-state index is 0.00432. The summed E-state index contributed by atoms with van der Waals surface area (Å²) in [7, 11) is 1.48. The number of hydrogen-bond acceptors (Lipinski definition) is 6. The van der Waals surface area contributed by atoms with Crippen LogP contribution in [0.2, 0.25) is 0 Å². The van der Waals surface area contributed by atoms with Gasteiger partial charge in [0.05, 0.1) is 6.21 Å². The van der Waals surface area contributed by atoms with Gasteiger partial charge in [0.15, 0.2) is 0 Å². The quantitative estimate of drug-likeness (QED) is 0.616. The summed E-state index contributed by atoms with van der Waals surface area (Å²) >= 11 is 0. The zero-order chi connectivity index (χ0) is 18.6. The highest BCUT2D eigenvalue weighted by molar-refractivity contribution is 5.81. The fourth-order valence-electron chi connectivity index (χ4n) is 1.68. The molecule has 7 nitrogen and oxygen atoms in total. The molecule has 0 radical (unpaired) electrons. The highest BCUT2D eigenvalue weighted by Gasteiger charge is 2.19. The summed E-state index contributed by atoms with van der Waals surface area (Å²) in [5, 5.41) is 11.9. The van der Waals surface area contributed by atoms with E-state index in [2.05, 4.69) is 15.3 Å². The lowest BCUT2D eigenvalue weighted by Crippen LogP contribution is -2.31. The van der Waals surface area contributed by atoms with Crippen molar-refractivity contribution in [2.75, 3.05) is 7.05 Å². The third-order valence-electron chi connectivity index (χ3n) is 2.82. The number of hydrogen-bond donors (Lipinski definition) is 0. The molecule has 1 aromatic heterocycles. The first-order chi connectivity index (χ1) is 11.7. The zero-order valence-electron chi connectivity index (χ0n) is 14.2. The van der Waals surface area contributed by atoms with Crippen LogP contribution < -0.4 is 0 Å². The minimum Gasteiger partial charge on any atom is -0.442 e. The molecule has 0 fully saturated rings. The first-order valence-electron chi connectivity index (χ1n) is 7.38. The van der Waals surface area contributed by atoms with Gasteiger partial charge in [-0.2, -0.15) is 13.9 Å². The Balaban J connectivity index is 2.03. The molecule has 0 unspecified atom stereocenters. The van der Waals surface area contributed by atoms with Crippen LogP contribution in [0.15, 0.2) is 33.8 Å². The van der Waals surface area contributed by atoms with Gasteiger partial charge in [0, 0.05) is 12.6 Å². The van der Waals surface area contributed by atoms with Gasteiger partial charge >= 0.3 is 12.5 Å². The molecule has 1 amide bonds. The van der Waals surface area contributed by atoms with Crippen LogP contribution in [0.4, 0.5) is 13.6 Å². The van der Waals surface area contributed by atoms with Crippen molar-refractivity contribution in [3.63, 3.8) is 0 Å². The van der Waals surface area contributed by atoms with Crippen LogP contribution in [0.3, 0.4) is 0 Å². The average molecular weight is 352 g/mol. The van der Waals surface area contributed by atoms with Crippen LogP contribution in [0.5, 0.6) is 0 Å². The lowest BCUT2D eigenvalue weighted by Gasteiger charge is -2.21. The number of hydrazone groups is 1. The van der Waals surface area contributed by atoms with Crippen LogP contribution in [-0.4, -0.2) is 40.2 Å². The number of ether oxygens (including phenoxy) is 1. The molecule has 1 heterocycles. The summed E-state index contributed by atoms with van der Waals surface area (Å²) in [4.78, 5) is 11.8. The van der Waals surface area contributed by atoms with Crippen LogP contribution in [-0.2, 0) is 4.74 Å². The van der Waals surface area contributed by atoms with Crippen molar-refractivity contribution in [1.29, 1.82) is 0 Å². The smallest absolute Gasteiger partial charge is 0.430 e. The molecule has 134 valence electrons. The third kappa shape index (κ3) is 5.33. The molecule has 0 aliphatic heterocycles. The Kier molecular flexibility index (Phi) is 5.45. The molecular formula is C16H18F2N4O3. The number of alkyl halides is 2. The molecule has 1 aromatic carbocycles. The molecule has 0 spiro atoms. The van der Waals surface area contributed by atoms with E-state index in [1.165, 1.54) is 13.3 Å². The van der Waals surface area contributed by atoms with E-state index in [-0.39, 0.29) is 5.89 Å². The van der Waals surface area contributed by atoms with E-state index < -0.39 is 24.0 Å². The maximum absolute atomic E-state index is 12.4. The van der Waals surface area contributed by atoms with Gasteiger partial charge in [0.25, 0.3) is 5.89 Å². The van der Waals surface area contributed by atoms with Crippen molar-refractivity contribution in [2.45, 2.75) is 32.8 Å². The summed E-state index contributed by atoms with van der Waals surface area (Å²) < 4.78 is 34.9. The Morgan fingerprint density at radius 1 is 1.28 bits per heavy atom. The molecule has 0 saturated heterocycles. The maximum atomic E-state index is 12.4. The van der Waals surface area contributed by atoms with Gasteiger partial charge < -0.3 is 9.15 Å². The van der Waals surface area contributed by atoms with Gasteiger partial charge in [-0.3, -0.25) is 0 Å². The number of halogens is 2. The summed E-state index contributed by atoms with van der Waals surface area (Å²) in [6.07, 6.45) is -1.92. The molecule has 0 aliphatic rings. The zero-order valence-corrected chi connectivity index (χ0v) is 14.2. The van der Waals surface area contributed by atoms with Gasteiger partial charge in [-0.25, -0.2) is 9.80 Å². The SMILES string of the molecule is CN(/N=C/c1ccc(-c2nnc(C(F)F)o2)cc1)C(=O)OC(C)(C)C. The number of carbonyl (C=O) groups excluding carboxylic acids is 1. The fraction of sp³-hybridized carbons (Fsp3) is 0.375. The topological polar surface area (TPSA) is 80.8 Å². The van der Waals surface area contributed by atoms with E-state index in [1.807, 2.05) is 0 Å².